The quantitative estimate of drug-likeness (QED) is 0.907. The fourth-order valence-electron chi connectivity index (χ4n) is 4.26. The third-order valence-electron chi connectivity index (χ3n) is 5.40. The summed E-state index contributed by atoms with van der Waals surface area (Å²) < 4.78 is 7.68. The van der Waals surface area contributed by atoms with Gasteiger partial charge in [0.05, 0.1) is 18.7 Å². The van der Waals surface area contributed by atoms with Crippen molar-refractivity contribution in [3.8, 4) is 0 Å². The van der Waals surface area contributed by atoms with Crippen LogP contribution < -0.4 is 5.32 Å². The molecular formula is C17H27N3O2. The van der Waals surface area contributed by atoms with Gasteiger partial charge in [-0.05, 0) is 31.7 Å². The lowest BCUT2D eigenvalue weighted by Crippen LogP contribution is -2.65. The summed E-state index contributed by atoms with van der Waals surface area (Å²) >= 11 is 0. The number of nitrogens with one attached hydrogen (secondary N) is 1. The molecule has 22 heavy (non-hydrogen) atoms. The number of amides is 1. The van der Waals surface area contributed by atoms with E-state index in [2.05, 4.69) is 17.3 Å². The Morgan fingerprint density at radius 3 is 2.86 bits per heavy atom. The van der Waals surface area contributed by atoms with Crippen molar-refractivity contribution in [2.75, 3.05) is 6.61 Å². The largest absolute Gasteiger partial charge is 0.378 e. The van der Waals surface area contributed by atoms with Crippen molar-refractivity contribution in [3.05, 3.63) is 18.0 Å². The first-order chi connectivity index (χ1) is 10.6. The molecule has 5 heteroatoms. The molecule has 1 amide bonds. The van der Waals surface area contributed by atoms with E-state index in [-0.39, 0.29) is 17.4 Å². The normalized spacial score (nSPS) is 26.6. The standard InChI is InChI=1S/C17H27N3O2/c1-3-22-15-10-14(17(15)7-5-4-6-8-17)19-16(21)9-13-11-18-20(2)12-13/h11-12,14-15H,3-10H2,1-2H3,(H,19,21)/t14-,15+/m1/s1. The third kappa shape index (κ3) is 2.91. The summed E-state index contributed by atoms with van der Waals surface area (Å²) in [5, 5.41) is 7.39. The molecule has 2 saturated carbocycles. The Labute approximate surface area is 132 Å². The maximum Gasteiger partial charge on any atom is 0.224 e. The zero-order valence-corrected chi connectivity index (χ0v) is 13.7. The highest BCUT2D eigenvalue weighted by Crippen LogP contribution is 2.53. The minimum Gasteiger partial charge on any atom is -0.378 e. The lowest BCUT2D eigenvalue weighted by molar-refractivity contribution is -0.156. The first-order valence-electron chi connectivity index (χ1n) is 8.52. The molecule has 0 aliphatic heterocycles. The van der Waals surface area contributed by atoms with Crippen molar-refractivity contribution >= 4 is 5.91 Å². The van der Waals surface area contributed by atoms with Crippen molar-refractivity contribution < 1.29 is 9.53 Å². The van der Waals surface area contributed by atoms with Crippen molar-refractivity contribution in [1.29, 1.82) is 0 Å². The van der Waals surface area contributed by atoms with Gasteiger partial charge in [-0.3, -0.25) is 9.48 Å². The van der Waals surface area contributed by atoms with Gasteiger partial charge < -0.3 is 10.1 Å². The lowest BCUT2D eigenvalue weighted by atomic mass is 9.55. The van der Waals surface area contributed by atoms with Crippen LogP contribution in [0.3, 0.4) is 0 Å². The predicted octanol–water partition coefficient (Wildman–Crippen LogP) is 2.21. The van der Waals surface area contributed by atoms with Crippen LogP contribution in [0, 0.1) is 5.41 Å². The summed E-state index contributed by atoms with van der Waals surface area (Å²) in [6, 6.07) is 0.286. The van der Waals surface area contributed by atoms with Gasteiger partial charge in [-0.15, -0.1) is 0 Å². The number of nitrogens with zero attached hydrogens (tertiary/aromatic N) is 2. The summed E-state index contributed by atoms with van der Waals surface area (Å²) in [4.78, 5) is 12.3. The molecule has 122 valence electrons. The summed E-state index contributed by atoms with van der Waals surface area (Å²) in [7, 11) is 1.87. The van der Waals surface area contributed by atoms with E-state index in [1.54, 1.807) is 10.9 Å². The van der Waals surface area contributed by atoms with Crippen LogP contribution in [-0.4, -0.2) is 34.4 Å². The average molecular weight is 305 g/mol. The Balaban J connectivity index is 1.60. The molecule has 1 N–H and O–H groups in total. The summed E-state index contributed by atoms with van der Waals surface area (Å²) in [6.07, 6.45) is 11.6. The molecule has 1 aromatic rings. The second-order valence-corrected chi connectivity index (χ2v) is 6.79. The first kappa shape index (κ1) is 15.5. The van der Waals surface area contributed by atoms with E-state index in [9.17, 15) is 4.79 Å². The third-order valence-corrected chi connectivity index (χ3v) is 5.40. The van der Waals surface area contributed by atoms with Crippen LogP contribution in [0.1, 0.15) is 51.0 Å². The van der Waals surface area contributed by atoms with Gasteiger partial charge in [-0.1, -0.05) is 19.3 Å². The van der Waals surface area contributed by atoms with Gasteiger partial charge in [0, 0.05) is 31.3 Å². The number of hydrogen-bond acceptors (Lipinski definition) is 3. The molecule has 0 saturated heterocycles. The van der Waals surface area contributed by atoms with Crippen molar-refractivity contribution in [3.63, 3.8) is 0 Å². The maximum absolute atomic E-state index is 12.3. The summed E-state index contributed by atoms with van der Waals surface area (Å²) in [5.74, 6) is 0.109. The molecule has 1 heterocycles. The number of rotatable bonds is 5. The number of aryl methyl sites for hydroxylation is 1. The molecule has 5 nitrogen and oxygen atoms in total. The Morgan fingerprint density at radius 1 is 1.45 bits per heavy atom. The molecule has 1 aromatic heterocycles. The molecule has 2 fully saturated rings. The summed E-state index contributed by atoms with van der Waals surface area (Å²) in [5.41, 5.74) is 1.16. The van der Waals surface area contributed by atoms with Gasteiger partial charge >= 0.3 is 0 Å². The topological polar surface area (TPSA) is 56.1 Å². The minimum absolute atomic E-state index is 0.109. The van der Waals surface area contributed by atoms with Crippen LogP contribution in [0.2, 0.25) is 0 Å². The van der Waals surface area contributed by atoms with E-state index in [4.69, 9.17) is 4.74 Å². The zero-order chi connectivity index (χ0) is 15.6. The Kier molecular flexibility index (Phi) is 4.52. The van der Waals surface area contributed by atoms with E-state index in [1.165, 1.54) is 32.1 Å². The van der Waals surface area contributed by atoms with Gasteiger partial charge in [0.25, 0.3) is 0 Å². The van der Waals surface area contributed by atoms with E-state index in [0.29, 0.717) is 12.5 Å². The second kappa shape index (κ2) is 6.41. The van der Waals surface area contributed by atoms with Crippen molar-refractivity contribution in [2.45, 2.75) is 64.0 Å². The first-order valence-corrected chi connectivity index (χ1v) is 8.52. The molecule has 2 atom stereocenters. The Morgan fingerprint density at radius 2 is 2.23 bits per heavy atom. The van der Waals surface area contributed by atoms with Gasteiger partial charge in [-0.2, -0.15) is 5.10 Å². The Bertz CT molecular complexity index is 520. The minimum atomic E-state index is 0.109. The number of ether oxygens (including phenoxy) is 1. The molecule has 1 spiro atoms. The van der Waals surface area contributed by atoms with Crippen molar-refractivity contribution in [2.24, 2.45) is 12.5 Å². The van der Waals surface area contributed by atoms with Crippen LogP contribution in [0.5, 0.6) is 0 Å². The number of aromatic nitrogens is 2. The highest BCUT2D eigenvalue weighted by molar-refractivity contribution is 5.79. The SMILES string of the molecule is CCO[C@H]1C[C@@H](NC(=O)Cc2cnn(C)c2)C12CCCCC2. The maximum atomic E-state index is 12.3. The predicted molar refractivity (Wildman–Crippen MR) is 84.4 cm³/mol. The molecular weight excluding hydrogens is 278 g/mol. The van der Waals surface area contributed by atoms with Crippen LogP contribution in [0.15, 0.2) is 12.4 Å². The highest BCUT2D eigenvalue weighted by Gasteiger charge is 2.56. The van der Waals surface area contributed by atoms with E-state index in [1.807, 2.05) is 13.2 Å². The van der Waals surface area contributed by atoms with Gasteiger partial charge in [-0.25, -0.2) is 0 Å². The number of carbonyl (C=O) groups is 1. The van der Waals surface area contributed by atoms with Gasteiger partial charge in [0.2, 0.25) is 5.91 Å². The van der Waals surface area contributed by atoms with Gasteiger partial charge in [0.15, 0.2) is 0 Å². The van der Waals surface area contributed by atoms with Crippen LogP contribution in [0.4, 0.5) is 0 Å². The van der Waals surface area contributed by atoms with E-state index in [0.717, 1.165) is 18.6 Å². The highest BCUT2D eigenvalue weighted by atomic mass is 16.5. The molecule has 2 aliphatic rings. The number of hydrogen-bond donors (Lipinski definition) is 1. The summed E-state index contributed by atoms with van der Waals surface area (Å²) in [6.45, 7) is 2.83. The second-order valence-electron chi connectivity index (χ2n) is 6.79. The van der Waals surface area contributed by atoms with Gasteiger partial charge in [0.1, 0.15) is 0 Å². The smallest absolute Gasteiger partial charge is 0.224 e. The van der Waals surface area contributed by atoms with Crippen LogP contribution in [0.25, 0.3) is 0 Å². The lowest BCUT2D eigenvalue weighted by Gasteiger charge is -2.57. The molecule has 3 rings (SSSR count). The Hall–Kier alpha value is -1.36. The molecule has 0 aromatic carbocycles. The number of carbonyl (C=O) groups excluding carboxylic acids is 1. The monoisotopic (exact) mass is 305 g/mol. The van der Waals surface area contributed by atoms with E-state index >= 15 is 0 Å². The van der Waals surface area contributed by atoms with E-state index < -0.39 is 0 Å². The van der Waals surface area contributed by atoms with Crippen LogP contribution >= 0.6 is 0 Å². The zero-order valence-electron chi connectivity index (χ0n) is 13.7. The molecule has 0 radical (unpaired) electrons. The average Bonchev–Trinajstić information content (AvgIpc) is 2.92. The van der Waals surface area contributed by atoms with Crippen molar-refractivity contribution in [1.82, 2.24) is 15.1 Å². The molecule has 2 aliphatic carbocycles. The fraction of sp³-hybridized carbons (Fsp3) is 0.765. The van der Waals surface area contributed by atoms with Crippen LogP contribution in [-0.2, 0) is 23.0 Å². The fourth-order valence-corrected chi connectivity index (χ4v) is 4.26. The molecule has 0 unspecified atom stereocenters. The molecule has 0 bridgehead atoms.